The van der Waals surface area contributed by atoms with Crippen LogP contribution in [0.3, 0.4) is 0 Å². The van der Waals surface area contributed by atoms with Crippen molar-refractivity contribution in [3.8, 4) is 0 Å². The van der Waals surface area contributed by atoms with E-state index in [-0.39, 0.29) is 30.3 Å². The molecule has 1 unspecified atom stereocenters. The minimum absolute atomic E-state index is 0.0613. The van der Waals surface area contributed by atoms with Crippen LogP contribution in [0.4, 0.5) is 9.59 Å². The Kier molecular flexibility index (Phi) is 7.13. The third-order valence-corrected chi connectivity index (χ3v) is 5.31. The van der Waals surface area contributed by atoms with Crippen LogP contribution in [0, 0.1) is 5.92 Å². The number of hydrogen-bond donors (Lipinski definition) is 0. The fraction of sp³-hybridized carbons (Fsp3) is 0.778. The summed E-state index contributed by atoms with van der Waals surface area (Å²) < 4.78 is 10.5. The van der Waals surface area contributed by atoms with Gasteiger partial charge in [-0.05, 0) is 52.9 Å². The van der Waals surface area contributed by atoms with Crippen LogP contribution in [-0.4, -0.2) is 70.1 Å². The summed E-state index contributed by atoms with van der Waals surface area (Å²) in [6.45, 7) is 8.39. The monoisotopic (exact) mass is 400 g/mol. The number of amides is 3. The van der Waals surface area contributed by atoms with Crippen molar-refractivity contribution < 1.29 is 28.7 Å². The molecule has 0 aromatic rings. The number of imide groups is 1. The summed E-state index contributed by atoms with van der Waals surface area (Å²) in [5.74, 6) is -0.721. The molecule has 0 saturated carbocycles. The summed E-state index contributed by atoms with van der Waals surface area (Å²) >= 11 is 0.909. The maximum atomic E-state index is 12.4. The molecule has 2 aliphatic heterocycles. The minimum atomic E-state index is -0.891. The fourth-order valence-electron chi connectivity index (χ4n) is 3.20. The van der Waals surface area contributed by atoms with E-state index in [9.17, 15) is 19.2 Å². The van der Waals surface area contributed by atoms with E-state index in [1.54, 1.807) is 11.8 Å². The lowest BCUT2D eigenvalue weighted by Gasteiger charge is -2.35. The number of carbonyl (C=O) groups excluding carboxylic acids is 4. The molecule has 27 heavy (non-hydrogen) atoms. The zero-order chi connectivity index (χ0) is 20.2. The summed E-state index contributed by atoms with van der Waals surface area (Å²) in [6.07, 6.45) is 1.37. The van der Waals surface area contributed by atoms with Gasteiger partial charge in [0.1, 0.15) is 11.6 Å². The van der Waals surface area contributed by atoms with Gasteiger partial charge in [0.05, 0.1) is 12.4 Å². The van der Waals surface area contributed by atoms with Gasteiger partial charge >= 0.3 is 12.1 Å². The molecule has 2 heterocycles. The van der Waals surface area contributed by atoms with Crippen molar-refractivity contribution >= 4 is 35.0 Å². The standard InChI is InChI=1S/C18H28N2O6S/c1-5-25-15(22)13(20-14(21)11-27-17(20)24)10-12-6-8-19(9-7-12)16(23)26-18(2,3)4/h12-13H,5-11H2,1-4H3. The molecule has 0 aliphatic carbocycles. The van der Waals surface area contributed by atoms with Crippen molar-refractivity contribution in [1.82, 2.24) is 9.80 Å². The van der Waals surface area contributed by atoms with Gasteiger partial charge in [-0.1, -0.05) is 11.8 Å². The lowest BCUT2D eigenvalue weighted by Crippen LogP contribution is -2.48. The van der Waals surface area contributed by atoms with Crippen LogP contribution in [0.25, 0.3) is 0 Å². The third kappa shape index (κ3) is 5.85. The molecule has 9 heteroatoms. The molecule has 152 valence electrons. The third-order valence-electron chi connectivity index (χ3n) is 4.48. The van der Waals surface area contributed by atoms with Crippen LogP contribution in [0.5, 0.6) is 0 Å². The number of carbonyl (C=O) groups is 4. The molecule has 8 nitrogen and oxygen atoms in total. The molecule has 0 radical (unpaired) electrons. The second kappa shape index (κ2) is 8.95. The van der Waals surface area contributed by atoms with Crippen LogP contribution in [0.2, 0.25) is 0 Å². The molecule has 2 aliphatic rings. The number of hydrogen-bond acceptors (Lipinski definition) is 7. The predicted octanol–water partition coefficient (Wildman–Crippen LogP) is 2.65. The van der Waals surface area contributed by atoms with E-state index in [4.69, 9.17) is 9.47 Å². The smallest absolute Gasteiger partial charge is 0.410 e. The van der Waals surface area contributed by atoms with Gasteiger partial charge in [0.15, 0.2) is 0 Å². The highest BCUT2D eigenvalue weighted by molar-refractivity contribution is 8.14. The average Bonchev–Trinajstić information content (AvgIpc) is 2.90. The highest BCUT2D eigenvalue weighted by Crippen LogP contribution is 2.29. The summed E-state index contributed by atoms with van der Waals surface area (Å²) in [5.41, 5.74) is -0.545. The van der Waals surface area contributed by atoms with Crippen LogP contribution < -0.4 is 0 Å². The molecule has 0 bridgehead atoms. The molecule has 3 amide bonds. The molecule has 2 saturated heterocycles. The van der Waals surface area contributed by atoms with Crippen molar-refractivity contribution in [3.05, 3.63) is 0 Å². The molecule has 0 aromatic carbocycles. The van der Waals surface area contributed by atoms with E-state index in [0.29, 0.717) is 32.4 Å². The largest absolute Gasteiger partial charge is 0.464 e. The number of piperidine rings is 1. The minimum Gasteiger partial charge on any atom is -0.464 e. The Balaban J connectivity index is 1.97. The zero-order valence-electron chi connectivity index (χ0n) is 16.4. The van der Waals surface area contributed by atoms with E-state index in [1.165, 1.54) is 0 Å². The van der Waals surface area contributed by atoms with Crippen molar-refractivity contribution in [2.45, 2.75) is 58.6 Å². The maximum absolute atomic E-state index is 12.4. The van der Waals surface area contributed by atoms with Crippen molar-refractivity contribution in [2.75, 3.05) is 25.4 Å². The van der Waals surface area contributed by atoms with Gasteiger partial charge in [0, 0.05) is 13.1 Å². The molecule has 2 rings (SSSR count). The first kappa shape index (κ1) is 21.5. The highest BCUT2D eigenvalue weighted by atomic mass is 32.2. The number of nitrogens with zero attached hydrogens (tertiary/aromatic N) is 2. The molecule has 1 atom stereocenters. The second-order valence-electron chi connectivity index (χ2n) is 7.73. The Labute approximate surface area is 163 Å². The Bertz CT molecular complexity index is 579. The number of rotatable bonds is 5. The van der Waals surface area contributed by atoms with Crippen LogP contribution in [-0.2, 0) is 19.1 Å². The lowest BCUT2D eigenvalue weighted by atomic mass is 9.89. The maximum Gasteiger partial charge on any atom is 0.410 e. The highest BCUT2D eigenvalue weighted by Gasteiger charge is 2.42. The topological polar surface area (TPSA) is 93.2 Å². The molecular formula is C18H28N2O6S. The van der Waals surface area contributed by atoms with Gasteiger partial charge in [0.25, 0.3) is 5.24 Å². The van der Waals surface area contributed by atoms with Crippen molar-refractivity contribution in [2.24, 2.45) is 5.92 Å². The summed E-state index contributed by atoms with van der Waals surface area (Å²) in [4.78, 5) is 51.3. The van der Waals surface area contributed by atoms with E-state index in [1.807, 2.05) is 20.8 Å². The summed E-state index contributed by atoms with van der Waals surface area (Å²) in [6, 6.07) is -0.891. The van der Waals surface area contributed by atoms with E-state index < -0.39 is 22.9 Å². The molecule has 0 N–H and O–H groups in total. The normalized spacial score (nSPS) is 20.0. The first-order chi connectivity index (χ1) is 12.6. The van der Waals surface area contributed by atoms with E-state index in [2.05, 4.69) is 0 Å². The number of ether oxygens (including phenoxy) is 2. The molecular weight excluding hydrogens is 372 g/mol. The van der Waals surface area contributed by atoms with Gasteiger partial charge in [-0.3, -0.25) is 14.5 Å². The molecule has 2 fully saturated rings. The quantitative estimate of drug-likeness (QED) is 0.655. The van der Waals surface area contributed by atoms with Gasteiger partial charge in [-0.2, -0.15) is 0 Å². The van der Waals surface area contributed by atoms with Crippen molar-refractivity contribution in [3.63, 3.8) is 0 Å². The number of esters is 1. The van der Waals surface area contributed by atoms with Crippen molar-refractivity contribution in [1.29, 1.82) is 0 Å². The number of thioether (sulfide) groups is 1. The van der Waals surface area contributed by atoms with Gasteiger partial charge in [-0.25, -0.2) is 9.59 Å². The Morgan fingerprint density at radius 3 is 2.33 bits per heavy atom. The fourth-order valence-corrected chi connectivity index (χ4v) is 3.96. The summed E-state index contributed by atoms with van der Waals surface area (Å²) in [5, 5.41) is -0.399. The van der Waals surface area contributed by atoms with Crippen LogP contribution >= 0.6 is 11.8 Å². The summed E-state index contributed by atoms with van der Waals surface area (Å²) in [7, 11) is 0. The van der Waals surface area contributed by atoms with E-state index >= 15 is 0 Å². The predicted molar refractivity (Wildman–Crippen MR) is 100 cm³/mol. The average molecular weight is 400 g/mol. The number of likely N-dealkylation sites (tertiary alicyclic amines) is 1. The van der Waals surface area contributed by atoms with Gasteiger partial charge < -0.3 is 14.4 Å². The van der Waals surface area contributed by atoms with Crippen LogP contribution in [0.15, 0.2) is 0 Å². The van der Waals surface area contributed by atoms with Gasteiger partial charge in [-0.15, -0.1) is 0 Å². The van der Waals surface area contributed by atoms with Crippen LogP contribution in [0.1, 0.15) is 47.0 Å². The lowest BCUT2D eigenvalue weighted by molar-refractivity contribution is -0.152. The molecule has 0 spiro atoms. The Morgan fingerprint density at radius 2 is 1.85 bits per heavy atom. The SMILES string of the molecule is CCOC(=O)C(CC1CCN(C(=O)OC(C)(C)C)CC1)N1C(=O)CSC1=O. The van der Waals surface area contributed by atoms with E-state index in [0.717, 1.165) is 16.7 Å². The second-order valence-corrected chi connectivity index (χ2v) is 8.66. The Morgan fingerprint density at radius 1 is 1.22 bits per heavy atom. The molecule has 0 aromatic heterocycles. The van der Waals surface area contributed by atoms with Gasteiger partial charge in [0.2, 0.25) is 5.91 Å². The first-order valence-electron chi connectivity index (χ1n) is 9.25. The zero-order valence-corrected chi connectivity index (χ0v) is 17.2. The Hall–Kier alpha value is -1.77. The first-order valence-corrected chi connectivity index (χ1v) is 10.2.